The second-order valence-corrected chi connectivity index (χ2v) is 5.28. The highest BCUT2D eigenvalue weighted by molar-refractivity contribution is 5.79. The Morgan fingerprint density at radius 3 is 2.71 bits per heavy atom. The highest BCUT2D eigenvalue weighted by Gasteiger charge is 2.10. The van der Waals surface area contributed by atoms with Gasteiger partial charge in [0.05, 0.1) is 13.3 Å². The number of rotatable bonds is 3. The zero-order valence-electron chi connectivity index (χ0n) is 12.9. The largest absolute Gasteiger partial charge is 0.497 e. The Morgan fingerprint density at radius 1 is 1.08 bits per heavy atom. The first kappa shape index (κ1) is 14.2. The number of nitrogens with zero attached hydrogens (tertiary/aromatic N) is 3. The van der Waals surface area contributed by atoms with Crippen LogP contribution in [0, 0.1) is 5.41 Å². The molecule has 0 amide bonds. The first-order valence-electron chi connectivity index (χ1n) is 7.39. The average Bonchev–Trinajstić information content (AvgIpc) is 3.11. The van der Waals surface area contributed by atoms with Gasteiger partial charge in [-0.1, -0.05) is 35.5 Å². The Morgan fingerprint density at radius 2 is 1.92 bits per heavy atom. The second kappa shape index (κ2) is 5.66. The number of hydrogen-bond donors (Lipinski definition) is 1. The van der Waals surface area contributed by atoms with Crippen LogP contribution >= 0.6 is 0 Å². The molecule has 0 aliphatic heterocycles. The van der Waals surface area contributed by atoms with Crippen LogP contribution in [0.5, 0.6) is 5.75 Å². The van der Waals surface area contributed by atoms with Crippen molar-refractivity contribution in [3.63, 3.8) is 0 Å². The summed E-state index contributed by atoms with van der Waals surface area (Å²) in [5, 5.41) is 17.3. The van der Waals surface area contributed by atoms with Crippen LogP contribution < -0.4 is 10.3 Å². The highest BCUT2D eigenvalue weighted by Crippen LogP contribution is 2.22. The summed E-state index contributed by atoms with van der Waals surface area (Å²) in [5.41, 5.74) is 2.87. The van der Waals surface area contributed by atoms with Crippen molar-refractivity contribution in [2.24, 2.45) is 0 Å². The normalized spacial score (nSPS) is 10.9. The quantitative estimate of drug-likeness (QED) is 0.629. The van der Waals surface area contributed by atoms with Crippen LogP contribution in [0.25, 0.3) is 27.9 Å². The Balaban J connectivity index is 1.83. The van der Waals surface area contributed by atoms with Crippen LogP contribution in [0.15, 0.2) is 65.2 Å². The van der Waals surface area contributed by atoms with E-state index in [1.54, 1.807) is 30.1 Å². The van der Waals surface area contributed by atoms with E-state index >= 15 is 0 Å². The van der Waals surface area contributed by atoms with Gasteiger partial charge >= 0.3 is 0 Å². The maximum atomic E-state index is 8.12. The Labute approximate surface area is 137 Å². The van der Waals surface area contributed by atoms with Gasteiger partial charge in [-0.2, -0.15) is 0 Å². The van der Waals surface area contributed by atoms with Crippen molar-refractivity contribution in [3.05, 3.63) is 66.3 Å². The van der Waals surface area contributed by atoms with Gasteiger partial charge in [0.1, 0.15) is 22.7 Å². The number of hydrogen-bond acceptors (Lipinski definition) is 5. The van der Waals surface area contributed by atoms with E-state index < -0.39 is 0 Å². The number of aromatic nitrogens is 3. The van der Waals surface area contributed by atoms with Gasteiger partial charge in [-0.3, -0.25) is 5.41 Å². The van der Waals surface area contributed by atoms with Gasteiger partial charge in [0, 0.05) is 10.9 Å². The number of nitrogens with one attached hydrogen (secondary N) is 1. The standard InChI is InChI=1S/C18H14N4O2/c1-23-14-7-8-17-13(9-14)10-16(18(19)24-17)22-11-15(20-21-22)12-5-3-2-4-6-12/h2-11,19H,1H3. The minimum atomic E-state index is 0.0252. The lowest BCUT2D eigenvalue weighted by Gasteiger charge is -2.05. The van der Waals surface area contributed by atoms with Crippen molar-refractivity contribution in [3.8, 4) is 22.7 Å². The molecule has 0 unspecified atom stereocenters. The zero-order chi connectivity index (χ0) is 16.5. The zero-order valence-corrected chi connectivity index (χ0v) is 12.9. The van der Waals surface area contributed by atoms with Crippen LogP contribution in [0.2, 0.25) is 0 Å². The van der Waals surface area contributed by atoms with E-state index in [1.807, 2.05) is 42.5 Å². The maximum absolute atomic E-state index is 8.12. The fourth-order valence-electron chi connectivity index (χ4n) is 2.53. The molecule has 118 valence electrons. The first-order chi connectivity index (χ1) is 11.7. The van der Waals surface area contributed by atoms with Crippen LogP contribution in [0.3, 0.4) is 0 Å². The molecule has 0 bridgehead atoms. The van der Waals surface area contributed by atoms with Crippen LogP contribution in [0.1, 0.15) is 0 Å². The molecule has 6 heteroatoms. The highest BCUT2D eigenvalue weighted by atomic mass is 16.5. The van der Waals surface area contributed by atoms with E-state index in [9.17, 15) is 0 Å². The molecule has 2 aromatic heterocycles. The van der Waals surface area contributed by atoms with Gasteiger partial charge < -0.3 is 9.15 Å². The minimum Gasteiger partial charge on any atom is -0.497 e. The molecular formula is C18H14N4O2. The minimum absolute atomic E-state index is 0.0252. The SMILES string of the molecule is COc1ccc2oc(=N)c(-n3cc(-c4ccccc4)nn3)cc2c1. The number of fused-ring (bicyclic) bond motifs is 1. The molecule has 24 heavy (non-hydrogen) atoms. The lowest BCUT2D eigenvalue weighted by molar-refractivity contribution is 0.415. The first-order valence-corrected chi connectivity index (χ1v) is 7.39. The Kier molecular flexibility index (Phi) is 3.35. The Bertz CT molecular complexity index is 1070. The molecule has 0 radical (unpaired) electrons. The third-order valence-electron chi connectivity index (χ3n) is 3.76. The summed E-state index contributed by atoms with van der Waals surface area (Å²) in [6.07, 6.45) is 1.78. The van der Waals surface area contributed by atoms with Crippen LogP contribution in [-0.4, -0.2) is 22.1 Å². The fourth-order valence-corrected chi connectivity index (χ4v) is 2.53. The van der Waals surface area contributed by atoms with E-state index in [-0.39, 0.29) is 5.55 Å². The van der Waals surface area contributed by atoms with Gasteiger partial charge in [-0.05, 0) is 24.3 Å². The van der Waals surface area contributed by atoms with E-state index in [2.05, 4.69) is 10.3 Å². The second-order valence-electron chi connectivity index (χ2n) is 5.28. The van der Waals surface area contributed by atoms with E-state index in [1.165, 1.54) is 0 Å². The lowest BCUT2D eigenvalue weighted by atomic mass is 10.2. The summed E-state index contributed by atoms with van der Waals surface area (Å²) in [4.78, 5) is 0. The van der Waals surface area contributed by atoms with Gasteiger partial charge in [0.2, 0.25) is 5.55 Å². The molecule has 0 saturated heterocycles. The topological polar surface area (TPSA) is 76.9 Å². The van der Waals surface area contributed by atoms with Gasteiger partial charge in [-0.15, -0.1) is 5.10 Å². The number of benzene rings is 2. The molecule has 2 aromatic carbocycles. The summed E-state index contributed by atoms with van der Waals surface area (Å²) in [6, 6.07) is 17.1. The molecule has 0 atom stereocenters. The summed E-state index contributed by atoms with van der Waals surface area (Å²) in [5.74, 6) is 0.727. The Hall–Kier alpha value is -3.41. The van der Waals surface area contributed by atoms with Crippen LogP contribution in [0.4, 0.5) is 0 Å². The smallest absolute Gasteiger partial charge is 0.238 e. The number of ether oxygens (including phenoxy) is 1. The van der Waals surface area contributed by atoms with Crippen LogP contribution in [-0.2, 0) is 0 Å². The maximum Gasteiger partial charge on any atom is 0.238 e. The molecule has 0 aliphatic rings. The molecule has 6 nitrogen and oxygen atoms in total. The predicted molar refractivity (Wildman–Crippen MR) is 89.0 cm³/mol. The molecule has 4 aromatic rings. The van der Waals surface area contributed by atoms with Crippen molar-refractivity contribution in [1.82, 2.24) is 15.0 Å². The van der Waals surface area contributed by atoms with Crippen molar-refractivity contribution in [2.75, 3.05) is 7.11 Å². The number of methoxy groups -OCH3 is 1. The molecular weight excluding hydrogens is 304 g/mol. The van der Waals surface area contributed by atoms with Crippen molar-refractivity contribution in [2.45, 2.75) is 0 Å². The van der Waals surface area contributed by atoms with E-state index in [0.717, 1.165) is 22.4 Å². The van der Waals surface area contributed by atoms with Crippen molar-refractivity contribution >= 4 is 11.0 Å². The molecule has 0 fully saturated rings. The van der Waals surface area contributed by atoms with E-state index in [0.29, 0.717) is 11.3 Å². The average molecular weight is 318 g/mol. The monoisotopic (exact) mass is 318 g/mol. The molecule has 0 spiro atoms. The summed E-state index contributed by atoms with van der Waals surface area (Å²) >= 11 is 0. The van der Waals surface area contributed by atoms with Crippen molar-refractivity contribution in [1.29, 1.82) is 5.41 Å². The van der Waals surface area contributed by atoms with Gasteiger partial charge in [-0.25, -0.2) is 4.68 Å². The molecule has 1 N–H and O–H groups in total. The fraction of sp³-hybridized carbons (Fsp3) is 0.0556. The summed E-state index contributed by atoms with van der Waals surface area (Å²) < 4.78 is 12.4. The molecule has 0 aliphatic carbocycles. The van der Waals surface area contributed by atoms with Gasteiger partial charge in [0.15, 0.2) is 0 Å². The molecule has 2 heterocycles. The third kappa shape index (κ3) is 2.44. The third-order valence-corrected chi connectivity index (χ3v) is 3.76. The summed E-state index contributed by atoms with van der Waals surface area (Å²) in [7, 11) is 1.61. The van der Waals surface area contributed by atoms with Gasteiger partial charge in [0.25, 0.3) is 0 Å². The van der Waals surface area contributed by atoms with Crippen molar-refractivity contribution < 1.29 is 9.15 Å². The predicted octanol–water partition coefficient (Wildman–Crippen LogP) is 3.17. The molecule has 4 rings (SSSR count). The lowest BCUT2D eigenvalue weighted by Crippen LogP contribution is -2.11. The molecule has 0 saturated carbocycles. The summed E-state index contributed by atoms with van der Waals surface area (Å²) in [6.45, 7) is 0. The van der Waals surface area contributed by atoms with E-state index in [4.69, 9.17) is 14.6 Å².